The molecule has 0 radical (unpaired) electrons. The number of carbonyl (C=O) groups excluding carboxylic acids is 2. The van der Waals surface area contributed by atoms with Gasteiger partial charge in [0.1, 0.15) is 11.5 Å². The van der Waals surface area contributed by atoms with E-state index in [0.29, 0.717) is 37.6 Å². The summed E-state index contributed by atoms with van der Waals surface area (Å²) in [5, 5.41) is 13.3. The second-order valence-electron chi connectivity index (χ2n) is 6.10. The van der Waals surface area contributed by atoms with E-state index in [4.69, 9.17) is 9.47 Å². The third kappa shape index (κ3) is 5.55. The number of hydrazone groups is 1. The second-order valence-corrected chi connectivity index (χ2v) is 6.10. The van der Waals surface area contributed by atoms with E-state index in [9.17, 15) is 14.7 Å². The van der Waals surface area contributed by atoms with E-state index in [0.717, 1.165) is 5.56 Å². The van der Waals surface area contributed by atoms with Gasteiger partial charge in [0.25, 0.3) is 11.8 Å². The Morgan fingerprint density at radius 1 is 1.18 bits per heavy atom. The summed E-state index contributed by atoms with van der Waals surface area (Å²) in [6.45, 7) is 2.27. The van der Waals surface area contributed by atoms with E-state index >= 15 is 0 Å². The predicted molar refractivity (Wildman–Crippen MR) is 103 cm³/mol. The molecule has 1 heterocycles. The van der Waals surface area contributed by atoms with E-state index < -0.39 is 5.91 Å². The molecule has 2 amide bonds. The Morgan fingerprint density at radius 2 is 1.93 bits per heavy atom. The first-order valence-corrected chi connectivity index (χ1v) is 8.82. The van der Waals surface area contributed by atoms with Gasteiger partial charge in [-0.2, -0.15) is 5.10 Å². The van der Waals surface area contributed by atoms with E-state index in [1.807, 2.05) is 0 Å². The summed E-state index contributed by atoms with van der Waals surface area (Å²) in [7, 11) is 0. The molecule has 1 saturated heterocycles. The number of benzene rings is 2. The van der Waals surface area contributed by atoms with Crippen molar-refractivity contribution in [1.82, 2.24) is 10.3 Å². The quantitative estimate of drug-likeness (QED) is 0.580. The molecule has 2 aromatic carbocycles. The van der Waals surface area contributed by atoms with Crippen molar-refractivity contribution in [1.29, 1.82) is 0 Å². The normalized spacial score (nSPS) is 14.1. The summed E-state index contributed by atoms with van der Waals surface area (Å²) < 4.78 is 10.7. The largest absolute Gasteiger partial charge is 0.508 e. The van der Waals surface area contributed by atoms with Crippen LogP contribution >= 0.6 is 0 Å². The summed E-state index contributed by atoms with van der Waals surface area (Å²) in [5.41, 5.74) is 3.46. The zero-order chi connectivity index (χ0) is 19.8. The second kappa shape index (κ2) is 9.52. The van der Waals surface area contributed by atoms with Crippen LogP contribution in [0.3, 0.4) is 0 Å². The Hall–Kier alpha value is -3.39. The lowest BCUT2D eigenvalue weighted by Crippen LogP contribution is -2.42. The fraction of sp³-hybridized carbons (Fsp3) is 0.250. The molecule has 0 aliphatic carbocycles. The molecular weight excluding hydrogens is 362 g/mol. The highest BCUT2D eigenvalue weighted by Crippen LogP contribution is 2.12. The van der Waals surface area contributed by atoms with Crippen molar-refractivity contribution in [2.24, 2.45) is 5.10 Å². The third-order valence-electron chi connectivity index (χ3n) is 4.09. The van der Waals surface area contributed by atoms with Crippen molar-refractivity contribution >= 4 is 18.0 Å². The van der Waals surface area contributed by atoms with Gasteiger partial charge in [0.2, 0.25) is 0 Å². The molecule has 0 bridgehead atoms. The lowest BCUT2D eigenvalue weighted by Gasteiger charge is -2.26. The standard InChI is InChI=1S/C20H21N3O5/c24-17-3-1-2-16(12-17)20(26)22-21-13-15-4-6-18(7-5-15)28-14-19(25)23-8-10-27-11-9-23/h1-7,12-13,24H,8-11,14H2,(H,22,26). The zero-order valence-corrected chi connectivity index (χ0v) is 15.2. The molecule has 146 valence electrons. The molecule has 0 atom stereocenters. The number of phenolic OH excluding ortho intramolecular Hbond substituents is 1. The van der Waals surface area contributed by atoms with Crippen LogP contribution in [0, 0.1) is 0 Å². The molecule has 2 N–H and O–H groups in total. The highest BCUT2D eigenvalue weighted by Gasteiger charge is 2.17. The maximum absolute atomic E-state index is 12.0. The van der Waals surface area contributed by atoms with Crippen LogP contribution in [0.25, 0.3) is 0 Å². The number of amides is 2. The number of hydrogen-bond donors (Lipinski definition) is 2. The van der Waals surface area contributed by atoms with E-state index in [-0.39, 0.29) is 18.3 Å². The smallest absolute Gasteiger partial charge is 0.271 e. The van der Waals surface area contributed by atoms with Gasteiger partial charge in [0.05, 0.1) is 19.4 Å². The third-order valence-corrected chi connectivity index (χ3v) is 4.09. The van der Waals surface area contributed by atoms with Crippen LogP contribution in [0.4, 0.5) is 0 Å². The first-order chi connectivity index (χ1) is 13.6. The van der Waals surface area contributed by atoms with Crippen LogP contribution in [-0.4, -0.2) is 60.9 Å². The number of rotatable bonds is 6. The number of nitrogens with zero attached hydrogens (tertiary/aromatic N) is 2. The van der Waals surface area contributed by atoms with Crippen molar-refractivity contribution < 1.29 is 24.2 Å². The van der Waals surface area contributed by atoms with Gasteiger partial charge in [0, 0.05) is 18.7 Å². The van der Waals surface area contributed by atoms with Gasteiger partial charge in [-0.1, -0.05) is 6.07 Å². The van der Waals surface area contributed by atoms with Gasteiger partial charge in [-0.25, -0.2) is 5.43 Å². The van der Waals surface area contributed by atoms with Gasteiger partial charge in [-0.3, -0.25) is 9.59 Å². The topological polar surface area (TPSA) is 100 Å². The Morgan fingerprint density at radius 3 is 2.64 bits per heavy atom. The van der Waals surface area contributed by atoms with E-state index in [1.54, 1.807) is 41.3 Å². The lowest BCUT2D eigenvalue weighted by molar-refractivity contribution is -0.137. The first kappa shape index (κ1) is 19.4. The first-order valence-electron chi connectivity index (χ1n) is 8.82. The van der Waals surface area contributed by atoms with E-state index in [2.05, 4.69) is 10.5 Å². The zero-order valence-electron chi connectivity index (χ0n) is 15.2. The number of carbonyl (C=O) groups is 2. The Labute approximate surface area is 162 Å². The van der Waals surface area contributed by atoms with Gasteiger partial charge < -0.3 is 19.5 Å². The van der Waals surface area contributed by atoms with Crippen LogP contribution < -0.4 is 10.2 Å². The highest BCUT2D eigenvalue weighted by molar-refractivity contribution is 5.95. The summed E-state index contributed by atoms with van der Waals surface area (Å²) in [4.78, 5) is 25.7. The van der Waals surface area contributed by atoms with Crippen molar-refractivity contribution in [3.8, 4) is 11.5 Å². The Kier molecular flexibility index (Phi) is 6.59. The molecule has 1 aliphatic rings. The minimum absolute atomic E-state index is 0.0133. The molecular formula is C20H21N3O5. The average molecular weight is 383 g/mol. The number of morpholine rings is 1. The maximum atomic E-state index is 12.0. The molecule has 0 unspecified atom stereocenters. The molecule has 2 aromatic rings. The molecule has 0 spiro atoms. The fourth-order valence-electron chi connectivity index (χ4n) is 2.58. The number of nitrogens with one attached hydrogen (secondary N) is 1. The van der Waals surface area contributed by atoms with Crippen molar-refractivity contribution in [2.75, 3.05) is 32.9 Å². The van der Waals surface area contributed by atoms with Gasteiger partial charge >= 0.3 is 0 Å². The number of aromatic hydroxyl groups is 1. The highest BCUT2D eigenvalue weighted by atomic mass is 16.5. The molecule has 3 rings (SSSR count). The monoisotopic (exact) mass is 383 g/mol. The van der Waals surface area contributed by atoms with Crippen molar-refractivity contribution in [2.45, 2.75) is 0 Å². The molecule has 28 heavy (non-hydrogen) atoms. The molecule has 1 fully saturated rings. The van der Waals surface area contributed by atoms with Crippen LogP contribution in [0.5, 0.6) is 11.5 Å². The van der Waals surface area contributed by atoms with Gasteiger partial charge in [-0.15, -0.1) is 0 Å². The van der Waals surface area contributed by atoms with Crippen LogP contribution in [0.1, 0.15) is 15.9 Å². The summed E-state index contributed by atoms with van der Waals surface area (Å²) in [6, 6.07) is 13.0. The van der Waals surface area contributed by atoms with Crippen LogP contribution in [0.2, 0.25) is 0 Å². The van der Waals surface area contributed by atoms with Crippen molar-refractivity contribution in [3.05, 3.63) is 59.7 Å². The van der Waals surface area contributed by atoms with Crippen molar-refractivity contribution in [3.63, 3.8) is 0 Å². The lowest BCUT2D eigenvalue weighted by atomic mass is 10.2. The van der Waals surface area contributed by atoms with Gasteiger partial charge in [-0.05, 0) is 48.0 Å². The summed E-state index contributed by atoms with van der Waals surface area (Å²) in [5.74, 6) is 0.0965. The van der Waals surface area contributed by atoms with E-state index in [1.165, 1.54) is 18.3 Å². The Bertz CT molecular complexity index is 845. The minimum Gasteiger partial charge on any atom is -0.508 e. The van der Waals surface area contributed by atoms with Crippen LogP contribution in [-0.2, 0) is 9.53 Å². The van der Waals surface area contributed by atoms with Gasteiger partial charge in [0.15, 0.2) is 6.61 Å². The molecule has 8 nitrogen and oxygen atoms in total. The number of ether oxygens (including phenoxy) is 2. The SMILES string of the molecule is O=C(NN=Cc1ccc(OCC(=O)N2CCOCC2)cc1)c1cccc(O)c1. The molecule has 0 aromatic heterocycles. The maximum Gasteiger partial charge on any atom is 0.271 e. The summed E-state index contributed by atoms with van der Waals surface area (Å²) >= 11 is 0. The number of hydrogen-bond acceptors (Lipinski definition) is 6. The molecule has 0 saturated carbocycles. The Balaban J connectivity index is 1.46. The molecule has 8 heteroatoms. The fourth-order valence-corrected chi connectivity index (χ4v) is 2.58. The molecule has 1 aliphatic heterocycles. The van der Waals surface area contributed by atoms with Crippen LogP contribution in [0.15, 0.2) is 53.6 Å². The summed E-state index contributed by atoms with van der Waals surface area (Å²) in [6.07, 6.45) is 1.49. The minimum atomic E-state index is -0.422. The number of phenols is 1. The predicted octanol–water partition coefficient (Wildman–Crippen LogP) is 1.39. The average Bonchev–Trinajstić information content (AvgIpc) is 2.73.